The first kappa shape index (κ1) is 34.4. The molecule has 5 rings (SSSR count). The molecule has 2 aliphatic rings. The summed E-state index contributed by atoms with van der Waals surface area (Å²) in [7, 11) is 1.61. The Hall–Kier alpha value is -4.14. The average Bonchev–Trinajstić information content (AvgIpc) is 3.45. The van der Waals surface area contributed by atoms with E-state index in [1.54, 1.807) is 25.3 Å². The molecule has 2 atom stereocenters. The average molecular weight is 606 g/mol. The number of amides is 2. The van der Waals surface area contributed by atoms with Crippen LogP contribution in [0.3, 0.4) is 0 Å². The van der Waals surface area contributed by atoms with Crippen LogP contribution in [-0.2, 0) is 14.4 Å². The summed E-state index contributed by atoms with van der Waals surface area (Å²) in [6, 6.07) is 17.1. The van der Waals surface area contributed by atoms with Crippen molar-refractivity contribution in [2.24, 2.45) is 11.3 Å². The van der Waals surface area contributed by atoms with Gasteiger partial charge in [-0.2, -0.15) is 0 Å². The minimum Gasteiger partial charge on any atom is -0.497 e. The number of aromatic nitrogens is 1. The number of likely N-dealkylation sites (tertiary alicyclic amines) is 2. The quantitative estimate of drug-likeness (QED) is 0.346. The van der Waals surface area contributed by atoms with Gasteiger partial charge in [-0.3, -0.25) is 19.2 Å². The lowest BCUT2D eigenvalue weighted by molar-refractivity contribution is -0.145. The molecule has 2 aromatic carbocycles. The van der Waals surface area contributed by atoms with Gasteiger partial charge in [0.1, 0.15) is 5.75 Å². The number of aromatic amines is 1. The van der Waals surface area contributed by atoms with Gasteiger partial charge in [-0.1, -0.05) is 51.1 Å². The van der Waals surface area contributed by atoms with Crippen molar-refractivity contribution in [2.45, 2.75) is 72.3 Å². The lowest BCUT2D eigenvalue weighted by Gasteiger charge is -2.36. The van der Waals surface area contributed by atoms with Crippen molar-refractivity contribution in [1.82, 2.24) is 14.8 Å². The van der Waals surface area contributed by atoms with Crippen LogP contribution in [-0.4, -0.2) is 71.0 Å². The van der Waals surface area contributed by atoms with Crippen LogP contribution < -0.4 is 10.2 Å². The van der Waals surface area contributed by atoms with E-state index in [9.17, 15) is 14.4 Å². The van der Waals surface area contributed by atoms with Crippen molar-refractivity contribution < 1.29 is 24.2 Å². The van der Waals surface area contributed by atoms with Crippen LogP contribution >= 0.6 is 0 Å². The Bertz CT molecular complexity index is 1440. The van der Waals surface area contributed by atoms with Gasteiger partial charge >= 0.3 is 0 Å². The molecule has 3 aromatic rings. The molecule has 2 amide bonds. The molecule has 2 aliphatic heterocycles. The Morgan fingerprint density at radius 1 is 1.02 bits per heavy atom. The van der Waals surface area contributed by atoms with Gasteiger partial charge in [0.25, 0.3) is 6.47 Å². The molecule has 238 valence electrons. The number of nitrogens with zero attached hydrogens (tertiary/aromatic N) is 2. The number of carboxylic acid groups (broad SMARTS) is 1. The van der Waals surface area contributed by atoms with Crippen LogP contribution in [0.2, 0.25) is 0 Å². The van der Waals surface area contributed by atoms with Gasteiger partial charge in [0.2, 0.25) is 11.8 Å². The molecule has 0 spiro atoms. The summed E-state index contributed by atoms with van der Waals surface area (Å²) in [5, 5.41) is 7.56. The summed E-state index contributed by atoms with van der Waals surface area (Å²) in [6.45, 7) is 10.7. The highest BCUT2D eigenvalue weighted by Gasteiger charge is 2.39. The molecule has 0 saturated carbocycles. The maximum atomic E-state index is 13.0. The van der Waals surface area contributed by atoms with E-state index in [0.717, 1.165) is 67.8 Å². The van der Waals surface area contributed by atoms with Gasteiger partial charge in [-0.15, -0.1) is 0 Å². The van der Waals surface area contributed by atoms with E-state index in [-0.39, 0.29) is 35.0 Å². The van der Waals surface area contributed by atoms with Crippen LogP contribution in [0, 0.1) is 11.3 Å². The zero-order chi connectivity index (χ0) is 32.3. The van der Waals surface area contributed by atoms with Crippen molar-refractivity contribution in [3.05, 3.63) is 64.8 Å². The normalized spacial score (nSPS) is 17.1. The van der Waals surface area contributed by atoms with Gasteiger partial charge in [0.15, 0.2) is 5.43 Å². The largest absolute Gasteiger partial charge is 0.497 e. The summed E-state index contributed by atoms with van der Waals surface area (Å²) in [6.07, 6.45) is 5.96. The summed E-state index contributed by atoms with van der Waals surface area (Å²) >= 11 is 0. The lowest BCUT2D eigenvalue weighted by Crippen LogP contribution is -2.46. The molecule has 9 nitrogen and oxygen atoms in total. The molecule has 1 aromatic heterocycles. The SMILES string of the molecule is COc1ccc2c(=O)cc(-c3ccccc3)[nH]c2c1.C[C@@H]1CCCN1C(=O)[C@@H](CC(=O)N1CCCCC1)C(C)(C)C.O=CO. The monoisotopic (exact) mass is 605 g/mol. The molecule has 0 unspecified atom stereocenters. The highest BCUT2D eigenvalue weighted by Crippen LogP contribution is 2.33. The van der Waals surface area contributed by atoms with E-state index >= 15 is 0 Å². The predicted molar refractivity (Wildman–Crippen MR) is 174 cm³/mol. The summed E-state index contributed by atoms with van der Waals surface area (Å²) in [5.74, 6) is 0.874. The Labute approximate surface area is 260 Å². The number of rotatable bonds is 5. The van der Waals surface area contributed by atoms with Crippen molar-refractivity contribution in [3.63, 3.8) is 0 Å². The molecule has 2 fully saturated rings. The van der Waals surface area contributed by atoms with E-state index in [0.29, 0.717) is 17.8 Å². The number of ether oxygens (including phenoxy) is 1. The van der Waals surface area contributed by atoms with Gasteiger partial charge in [-0.05, 0) is 62.1 Å². The van der Waals surface area contributed by atoms with Gasteiger partial charge in [0, 0.05) is 55.3 Å². The first-order valence-corrected chi connectivity index (χ1v) is 15.4. The summed E-state index contributed by atoms with van der Waals surface area (Å²) in [4.78, 5) is 53.3. The van der Waals surface area contributed by atoms with Gasteiger partial charge in [-0.25, -0.2) is 0 Å². The van der Waals surface area contributed by atoms with Crippen LogP contribution in [0.4, 0.5) is 0 Å². The van der Waals surface area contributed by atoms with E-state index in [2.05, 4.69) is 32.7 Å². The minimum atomic E-state index is -0.250. The fourth-order valence-corrected chi connectivity index (χ4v) is 5.80. The number of carbonyl (C=O) groups is 3. The second-order valence-electron chi connectivity index (χ2n) is 12.5. The molecule has 44 heavy (non-hydrogen) atoms. The number of piperidine rings is 1. The van der Waals surface area contributed by atoms with Crippen LogP contribution in [0.1, 0.15) is 66.2 Å². The van der Waals surface area contributed by atoms with Gasteiger partial charge in [0.05, 0.1) is 18.5 Å². The molecule has 2 N–H and O–H groups in total. The second kappa shape index (κ2) is 16.1. The fraction of sp³-hybridized carbons (Fsp3) is 0.486. The van der Waals surface area contributed by atoms with E-state index < -0.39 is 0 Å². The van der Waals surface area contributed by atoms with Crippen LogP contribution in [0.5, 0.6) is 5.75 Å². The number of carbonyl (C=O) groups excluding carboxylic acids is 2. The number of nitrogens with one attached hydrogen (secondary N) is 1. The Balaban J connectivity index is 0.000000222. The van der Waals surface area contributed by atoms with Crippen molar-refractivity contribution in [2.75, 3.05) is 26.7 Å². The number of hydrogen-bond acceptors (Lipinski definition) is 5. The third kappa shape index (κ3) is 9.18. The molecule has 3 heterocycles. The van der Waals surface area contributed by atoms with E-state index in [4.69, 9.17) is 14.6 Å². The third-order valence-corrected chi connectivity index (χ3v) is 8.39. The molecular formula is C35H47N3O6. The molecule has 0 aliphatic carbocycles. The lowest BCUT2D eigenvalue weighted by atomic mass is 9.77. The summed E-state index contributed by atoms with van der Waals surface area (Å²) < 4.78 is 5.19. The Kier molecular flexibility index (Phi) is 12.6. The number of benzene rings is 2. The first-order chi connectivity index (χ1) is 21.0. The van der Waals surface area contributed by atoms with Crippen molar-refractivity contribution >= 4 is 29.2 Å². The molecular weight excluding hydrogens is 558 g/mol. The maximum Gasteiger partial charge on any atom is 0.290 e. The highest BCUT2D eigenvalue weighted by atomic mass is 16.5. The number of H-pyrrole nitrogens is 1. The minimum absolute atomic E-state index is 0.00950. The van der Waals surface area contributed by atoms with E-state index in [1.165, 1.54) is 6.42 Å². The number of methoxy groups -OCH3 is 1. The molecule has 9 heteroatoms. The summed E-state index contributed by atoms with van der Waals surface area (Å²) in [5.41, 5.74) is 2.42. The Morgan fingerprint density at radius 3 is 2.25 bits per heavy atom. The van der Waals surface area contributed by atoms with Crippen LogP contribution in [0.15, 0.2) is 59.4 Å². The van der Waals surface area contributed by atoms with Crippen LogP contribution in [0.25, 0.3) is 22.2 Å². The molecule has 2 saturated heterocycles. The van der Waals surface area contributed by atoms with E-state index in [1.807, 2.05) is 46.2 Å². The fourth-order valence-electron chi connectivity index (χ4n) is 5.80. The van der Waals surface area contributed by atoms with Gasteiger partial charge < -0.3 is 24.6 Å². The maximum absolute atomic E-state index is 13.0. The Morgan fingerprint density at radius 2 is 1.68 bits per heavy atom. The predicted octanol–water partition coefficient (Wildman–Crippen LogP) is 5.97. The third-order valence-electron chi connectivity index (χ3n) is 8.39. The zero-order valence-corrected chi connectivity index (χ0v) is 26.7. The number of fused-ring (bicyclic) bond motifs is 1. The second-order valence-corrected chi connectivity index (χ2v) is 12.5. The first-order valence-electron chi connectivity index (χ1n) is 15.4. The van der Waals surface area contributed by atoms with Crippen molar-refractivity contribution in [3.8, 4) is 17.0 Å². The topological polar surface area (TPSA) is 120 Å². The number of pyridine rings is 1. The standard InChI is InChI=1S/C18H32N2O2.C16H13NO2.CH2O2/c1-14-9-8-12-20(14)17(22)15(18(2,3)4)13-16(21)19-10-6-5-7-11-19;1-19-12-7-8-13-15(9-12)17-14(10-16(13)18)11-5-3-2-4-6-11;2-1-3/h14-15H,5-13H2,1-4H3;2-10H,1H3,(H,17,18);1H,(H,2,3)/t14-,15-;;/m1../s1. The smallest absolute Gasteiger partial charge is 0.290 e. The number of hydrogen-bond donors (Lipinski definition) is 2. The van der Waals surface area contributed by atoms with Crippen molar-refractivity contribution in [1.29, 1.82) is 0 Å². The molecule has 0 radical (unpaired) electrons. The molecule has 0 bridgehead atoms. The highest BCUT2D eigenvalue weighted by molar-refractivity contribution is 5.87. The zero-order valence-electron chi connectivity index (χ0n) is 26.7.